The Morgan fingerprint density at radius 1 is 1.56 bits per heavy atom. The Balaban J connectivity index is 2.05. The summed E-state index contributed by atoms with van der Waals surface area (Å²) in [5.41, 5.74) is 1.26. The molecule has 0 atom stereocenters. The molecule has 0 fully saturated rings. The van der Waals surface area contributed by atoms with Gasteiger partial charge in [0.2, 0.25) is 0 Å². The largest absolute Gasteiger partial charge is 0.343 e. The van der Waals surface area contributed by atoms with Crippen molar-refractivity contribution in [1.82, 2.24) is 25.5 Å². The van der Waals surface area contributed by atoms with E-state index in [9.17, 15) is 4.79 Å². The van der Waals surface area contributed by atoms with Gasteiger partial charge in [0, 0.05) is 0 Å². The number of amides is 1. The molecule has 0 saturated carbocycles. The van der Waals surface area contributed by atoms with Gasteiger partial charge in [0.15, 0.2) is 0 Å². The third-order valence-corrected chi connectivity index (χ3v) is 2.32. The first kappa shape index (κ1) is 11.7. The fourth-order valence-electron chi connectivity index (χ4n) is 1.38. The Morgan fingerprint density at radius 2 is 2.39 bits per heavy atom. The maximum Gasteiger partial charge on any atom is 0.270 e. The van der Waals surface area contributed by atoms with Crippen molar-refractivity contribution in [2.24, 2.45) is 0 Å². The molecule has 0 unspecified atom stereocenters. The number of carbonyl (C=O) groups is 1. The molecule has 2 heterocycles. The molecule has 0 spiro atoms. The summed E-state index contributed by atoms with van der Waals surface area (Å²) in [5.74, 6) is 0.243. The minimum Gasteiger partial charge on any atom is -0.343 e. The molecule has 0 bridgehead atoms. The monoisotopic (exact) mass is 242 g/mol. The fourth-order valence-corrected chi connectivity index (χ4v) is 1.38. The second kappa shape index (κ2) is 5.05. The minimum absolute atomic E-state index is 0.250. The number of nitrogens with one attached hydrogen (secondary N) is 2. The quantitative estimate of drug-likeness (QED) is 0.805. The highest BCUT2D eigenvalue weighted by molar-refractivity contribution is 5.92. The molecule has 2 rings (SSSR count). The van der Waals surface area contributed by atoms with Crippen LogP contribution in [0.2, 0.25) is 0 Å². The van der Waals surface area contributed by atoms with E-state index < -0.39 is 0 Å². The molecular formula is C11H10N6O. The summed E-state index contributed by atoms with van der Waals surface area (Å²) in [5, 5.41) is 17.7. The highest BCUT2D eigenvalue weighted by Gasteiger charge is 2.09. The lowest BCUT2D eigenvalue weighted by Gasteiger charge is -2.04. The summed E-state index contributed by atoms with van der Waals surface area (Å²) in [7, 11) is 0. The molecule has 0 aliphatic carbocycles. The van der Waals surface area contributed by atoms with Gasteiger partial charge in [0.05, 0.1) is 17.8 Å². The van der Waals surface area contributed by atoms with Gasteiger partial charge in [0.25, 0.3) is 5.91 Å². The van der Waals surface area contributed by atoms with Crippen LogP contribution in [-0.4, -0.2) is 26.1 Å². The van der Waals surface area contributed by atoms with E-state index in [-0.39, 0.29) is 18.1 Å². The van der Waals surface area contributed by atoms with Crippen molar-refractivity contribution >= 4 is 5.91 Å². The molecule has 18 heavy (non-hydrogen) atoms. The van der Waals surface area contributed by atoms with Gasteiger partial charge in [-0.2, -0.15) is 10.4 Å². The number of carbonyl (C=O) groups excluding carboxylic acids is 1. The molecule has 0 saturated heterocycles. The molecule has 0 aliphatic rings. The van der Waals surface area contributed by atoms with Crippen molar-refractivity contribution in [3.63, 3.8) is 0 Å². The standard InChI is InChI=1S/C11H10N6O/c1-7-8(4-12)2-3-9(16-7)11(18)13-5-10-14-6-15-17-10/h2-3,6H,5H2,1H3,(H,13,18)(H,14,15,17). The van der Waals surface area contributed by atoms with E-state index in [0.717, 1.165) is 0 Å². The highest BCUT2D eigenvalue weighted by Crippen LogP contribution is 2.05. The molecule has 7 nitrogen and oxygen atoms in total. The van der Waals surface area contributed by atoms with Crippen molar-refractivity contribution in [2.45, 2.75) is 13.5 Å². The van der Waals surface area contributed by atoms with E-state index in [0.29, 0.717) is 17.1 Å². The first-order chi connectivity index (χ1) is 8.70. The zero-order valence-corrected chi connectivity index (χ0v) is 9.64. The maximum absolute atomic E-state index is 11.8. The van der Waals surface area contributed by atoms with Gasteiger partial charge in [0.1, 0.15) is 23.9 Å². The summed E-state index contributed by atoms with van der Waals surface area (Å²) < 4.78 is 0. The number of H-pyrrole nitrogens is 1. The average molecular weight is 242 g/mol. The van der Waals surface area contributed by atoms with Crippen LogP contribution in [0, 0.1) is 18.3 Å². The number of aryl methyl sites for hydroxylation is 1. The van der Waals surface area contributed by atoms with Crippen LogP contribution >= 0.6 is 0 Å². The van der Waals surface area contributed by atoms with E-state index >= 15 is 0 Å². The van der Waals surface area contributed by atoms with Crippen LogP contribution in [0.4, 0.5) is 0 Å². The van der Waals surface area contributed by atoms with Crippen LogP contribution in [0.5, 0.6) is 0 Å². The van der Waals surface area contributed by atoms with Crippen LogP contribution in [-0.2, 0) is 6.54 Å². The molecular weight excluding hydrogens is 232 g/mol. The summed E-state index contributed by atoms with van der Waals surface area (Å²) in [6.07, 6.45) is 1.37. The molecule has 2 aromatic heterocycles. The molecule has 1 amide bonds. The van der Waals surface area contributed by atoms with Gasteiger partial charge >= 0.3 is 0 Å². The molecule has 0 radical (unpaired) electrons. The number of hydrogen-bond acceptors (Lipinski definition) is 5. The average Bonchev–Trinajstić information content (AvgIpc) is 2.89. The summed E-state index contributed by atoms with van der Waals surface area (Å²) >= 11 is 0. The second-order valence-electron chi connectivity index (χ2n) is 3.56. The highest BCUT2D eigenvalue weighted by atomic mass is 16.1. The zero-order chi connectivity index (χ0) is 13.0. The number of nitriles is 1. The number of aromatic nitrogens is 4. The Kier molecular flexibility index (Phi) is 3.29. The van der Waals surface area contributed by atoms with Crippen molar-refractivity contribution in [1.29, 1.82) is 5.26 Å². The number of hydrogen-bond donors (Lipinski definition) is 2. The van der Waals surface area contributed by atoms with E-state index in [1.54, 1.807) is 13.0 Å². The normalized spacial score (nSPS) is 9.78. The lowest BCUT2D eigenvalue weighted by molar-refractivity contribution is 0.0944. The Morgan fingerprint density at radius 3 is 3.00 bits per heavy atom. The van der Waals surface area contributed by atoms with Gasteiger partial charge in [-0.25, -0.2) is 9.97 Å². The lowest BCUT2D eigenvalue weighted by atomic mass is 10.2. The van der Waals surface area contributed by atoms with E-state index in [1.165, 1.54) is 12.4 Å². The molecule has 0 aromatic carbocycles. The number of pyridine rings is 1. The van der Waals surface area contributed by atoms with Crippen LogP contribution in [0.25, 0.3) is 0 Å². The van der Waals surface area contributed by atoms with E-state index in [4.69, 9.17) is 5.26 Å². The van der Waals surface area contributed by atoms with Gasteiger partial charge in [-0.05, 0) is 19.1 Å². The first-order valence-electron chi connectivity index (χ1n) is 5.21. The third kappa shape index (κ3) is 2.49. The SMILES string of the molecule is Cc1nc(C(=O)NCc2ncn[nH]2)ccc1C#N. The first-order valence-corrected chi connectivity index (χ1v) is 5.21. The van der Waals surface area contributed by atoms with Crippen molar-refractivity contribution in [3.05, 3.63) is 41.2 Å². The summed E-state index contributed by atoms with van der Waals surface area (Å²) in [6, 6.07) is 5.09. The summed E-state index contributed by atoms with van der Waals surface area (Å²) in [6.45, 7) is 1.94. The van der Waals surface area contributed by atoms with E-state index in [1.807, 2.05) is 6.07 Å². The summed E-state index contributed by atoms with van der Waals surface area (Å²) in [4.78, 5) is 19.7. The predicted octanol–water partition coefficient (Wildman–Crippen LogP) is 0.310. The fraction of sp³-hybridized carbons (Fsp3) is 0.182. The smallest absolute Gasteiger partial charge is 0.270 e. The van der Waals surface area contributed by atoms with Crippen molar-refractivity contribution in [2.75, 3.05) is 0 Å². The van der Waals surface area contributed by atoms with Crippen molar-refractivity contribution < 1.29 is 4.79 Å². The van der Waals surface area contributed by atoms with Crippen molar-refractivity contribution in [3.8, 4) is 6.07 Å². The van der Waals surface area contributed by atoms with Crippen LogP contribution < -0.4 is 5.32 Å². The number of rotatable bonds is 3. The second-order valence-corrected chi connectivity index (χ2v) is 3.56. The number of aromatic amines is 1. The van der Waals surface area contributed by atoms with Gasteiger partial charge in [-0.15, -0.1) is 0 Å². The lowest BCUT2D eigenvalue weighted by Crippen LogP contribution is -2.24. The van der Waals surface area contributed by atoms with Crippen LogP contribution in [0.1, 0.15) is 27.6 Å². The molecule has 2 aromatic rings. The maximum atomic E-state index is 11.8. The molecule has 90 valence electrons. The van der Waals surface area contributed by atoms with E-state index in [2.05, 4.69) is 25.5 Å². The molecule has 7 heteroatoms. The topological polar surface area (TPSA) is 107 Å². The molecule has 0 aliphatic heterocycles. The molecule has 2 N–H and O–H groups in total. The Labute approximate surface area is 103 Å². The predicted molar refractivity (Wildman–Crippen MR) is 61.2 cm³/mol. The van der Waals surface area contributed by atoms with Crippen LogP contribution in [0.15, 0.2) is 18.5 Å². The Bertz CT molecular complexity index is 598. The van der Waals surface area contributed by atoms with Crippen LogP contribution in [0.3, 0.4) is 0 Å². The Hall–Kier alpha value is -2.75. The zero-order valence-electron chi connectivity index (χ0n) is 9.64. The number of nitrogens with zero attached hydrogens (tertiary/aromatic N) is 4. The van der Waals surface area contributed by atoms with Gasteiger partial charge < -0.3 is 5.32 Å². The van der Waals surface area contributed by atoms with Gasteiger partial charge in [-0.1, -0.05) is 0 Å². The van der Waals surface area contributed by atoms with Gasteiger partial charge in [-0.3, -0.25) is 9.89 Å². The third-order valence-electron chi connectivity index (χ3n) is 2.32. The minimum atomic E-state index is -0.320.